The Labute approximate surface area is 173 Å². The minimum Gasteiger partial charge on any atom is -0.441 e. The number of hydrogen-bond acceptors (Lipinski definition) is 4. The molecule has 2 aromatic carbocycles. The van der Waals surface area contributed by atoms with Crippen molar-refractivity contribution < 1.29 is 13.6 Å². The van der Waals surface area contributed by atoms with Gasteiger partial charge in [-0.2, -0.15) is 5.10 Å². The highest BCUT2D eigenvalue weighted by Gasteiger charge is 2.13. The van der Waals surface area contributed by atoms with Gasteiger partial charge in [-0.15, -0.1) is 0 Å². The van der Waals surface area contributed by atoms with Gasteiger partial charge in [0, 0.05) is 18.9 Å². The van der Waals surface area contributed by atoms with Crippen molar-refractivity contribution in [2.75, 3.05) is 5.32 Å². The van der Waals surface area contributed by atoms with Gasteiger partial charge in [0.15, 0.2) is 11.7 Å². The van der Waals surface area contributed by atoms with Crippen LogP contribution in [0.25, 0.3) is 11.3 Å². The second kappa shape index (κ2) is 8.73. The minimum atomic E-state index is -0.375. The van der Waals surface area contributed by atoms with Gasteiger partial charge in [0.25, 0.3) is 0 Å². The van der Waals surface area contributed by atoms with Crippen LogP contribution in [0.4, 0.5) is 10.2 Å². The zero-order chi connectivity index (χ0) is 20.9. The highest BCUT2D eigenvalue weighted by molar-refractivity contribution is 5.89. The first-order chi connectivity index (χ1) is 14.6. The number of hydrogen-bond donors (Lipinski definition) is 1. The third kappa shape index (κ3) is 4.63. The van der Waals surface area contributed by atoms with Crippen LogP contribution in [-0.4, -0.2) is 20.7 Å². The minimum absolute atomic E-state index is 0.175. The molecule has 2 heterocycles. The SMILES string of the molecule is Cc1ccc(Cn2nccc2NC(=O)CCc2ncc(-c3ccccc3F)o2)cc1. The molecule has 4 rings (SSSR count). The number of halogens is 1. The molecule has 152 valence electrons. The smallest absolute Gasteiger partial charge is 0.226 e. The summed E-state index contributed by atoms with van der Waals surface area (Å²) in [5, 5.41) is 7.16. The van der Waals surface area contributed by atoms with Crippen molar-refractivity contribution in [2.24, 2.45) is 0 Å². The standard InChI is InChI=1S/C23H21FN4O2/c1-16-6-8-17(9-7-16)15-28-21(12-13-26-28)27-22(29)10-11-23-25-14-20(30-23)18-4-2-3-5-19(18)24/h2-9,12-14H,10-11,15H2,1H3,(H,27,29). The highest BCUT2D eigenvalue weighted by Crippen LogP contribution is 2.23. The topological polar surface area (TPSA) is 73.0 Å². The number of nitrogens with one attached hydrogen (secondary N) is 1. The van der Waals surface area contributed by atoms with Gasteiger partial charge in [0.05, 0.1) is 24.5 Å². The van der Waals surface area contributed by atoms with E-state index in [4.69, 9.17) is 4.42 Å². The number of aromatic nitrogens is 3. The van der Waals surface area contributed by atoms with Crippen LogP contribution in [-0.2, 0) is 17.8 Å². The van der Waals surface area contributed by atoms with E-state index in [1.54, 1.807) is 35.1 Å². The van der Waals surface area contributed by atoms with Crippen molar-refractivity contribution in [1.82, 2.24) is 14.8 Å². The Morgan fingerprint density at radius 2 is 1.93 bits per heavy atom. The summed E-state index contributed by atoms with van der Waals surface area (Å²) in [7, 11) is 0. The molecule has 30 heavy (non-hydrogen) atoms. The number of carbonyl (C=O) groups excluding carboxylic acids is 1. The molecule has 0 aliphatic carbocycles. The number of amides is 1. The van der Waals surface area contributed by atoms with Crippen molar-refractivity contribution >= 4 is 11.7 Å². The first kappa shape index (κ1) is 19.6. The van der Waals surface area contributed by atoms with E-state index in [1.165, 1.54) is 17.8 Å². The van der Waals surface area contributed by atoms with Crippen molar-refractivity contribution in [1.29, 1.82) is 0 Å². The molecule has 2 aromatic heterocycles. The summed E-state index contributed by atoms with van der Waals surface area (Å²) in [4.78, 5) is 16.5. The number of oxazole rings is 1. The van der Waals surface area contributed by atoms with Crippen LogP contribution in [0.15, 0.2) is 71.4 Å². The van der Waals surface area contributed by atoms with Crippen LogP contribution in [0.5, 0.6) is 0 Å². The van der Waals surface area contributed by atoms with Gasteiger partial charge in [0.1, 0.15) is 11.6 Å². The predicted molar refractivity (Wildman–Crippen MR) is 111 cm³/mol. The van der Waals surface area contributed by atoms with Crippen LogP contribution in [0.1, 0.15) is 23.4 Å². The first-order valence-corrected chi connectivity index (χ1v) is 9.65. The van der Waals surface area contributed by atoms with Crippen LogP contribution >= 0.6 is 0 Å². The molecule has 0 bridgehead atoms. The van der Waals surface area contributed by atoms with Crippen molar-refractivity contribution in [3.05, 3.63) is 89.8 Å². The molecule has 0 aliphatic rings. The van der Waals surface area contributed by atoms with Crippen LogP contribution in [0.2, 0.25) is 0 Å². The van der Waals surface area contributed by atoms with Gasteiger partial charge in [-0.25, -0.2) is 14.1 Å². The Morgan fingerprint density at radius 3 is 2.73 bits per heavy atom. The highest BCUT2D eigenvalue weighted by atomic mass is 19.1. The van der Waals surface area contributed by atoms with Crippen LogP contribution in [0.3, 0.4) is 0 Å². The van der Waals surface area contributed by atoms with E-state index in [0.717, 1.165) is 5.56 Å². The molecule has 0 saturated carbocycles. The number of nitrogens with zero attached hydrogens (tertiary/aromatic N) is 3. The predicted octanol–water partition coefficient (Wildman–Crippen LogP) is 4.61. The average molecular weight is 404 g/mol. The summed E-state index contributed by atoms with van der Waals surface area (Å²) in [5.41, 5.74) is 2.64. The first-order valence-electron chi connectivity index (χ1n) is 9.65. The molecule has 0 radical (unpaired) electrons. The lowest BCUT2D eigenvalue weighted by Gasteiger charge is -2.09. The zero-order valence-corrected chi connectivity index (χ0v) is 16.5. The number of benzene rings is 2. The monoisotopic (exact) mass is 404 g/mol. The van der Waals surface area contributed by atoms with E-state index in [1.807, 2.05) is 31.2 Å². The zero-order valence-electron chi connectivity index (χ0n) is 16.5. The fraction of sp³-hybridized carbons (Fsp3) is 0.174. The third-order valence-corrected chi connectivity index (χ3v) is 4.70. The maximum Gasteiger partial charge on any atom is 0.226 e. The summed E-state index contributed by atoms with van der Waals surface area (Å²) >= 11 is 0. The Balaban J connectivity index is 1.34. The molecular formula is C23H21FN4O2. The van der Waals surface area contributed by atoms with Gasteiger partial charge in [-0.05, 0) is 24.6 Å². The van der Waals surface area contributed by atoms with Crippen LogP contribution in [0, 0.1) is 12.7 Å². The number of aryl methyl sites for hydroxylation is 2. The van der Waals surface area contributed by atoms with Gasteiger partial charge in [-0.1, -0.05) is 42.0 Å². The maximum absolute atomic E-state index is 13.9. The number of anilines is 1. The Hall–Kier alpha value is -3.74. The summed E-state index contributed by atoms with van der Waals surface area (Å²) < 4.78 is 21.2. The maximum atomic E-state index is 13.9. The molecule has 0 atom stereocenters. The molecule has 0 aliphatic heterocycles. The normalized spacial score (nSPS) is 10.9. The summed E-state index contributed by atoms with van der Waals surface area (Å²) in [6.45, 7) is 2.60. The van der Waals surface area contributed by atoms with Crippen molar-refractivity contribution in [3.63, 3.8) is 0 Å². The second-order valence-corrected chi connectivity index (χ2v) is 7.01. The van der Waals surface area contributed by atoms with Gasteiger partial charge < -0.3 is 9.73 Å². The fourth-order valence-electron chi connectivity index (χ4n) is 3.07. The quantitative estimate of drug-likeness (QED) is 0.488. The van der Waals surface area contributed by atoms with Gasteiger partial charge in [0.2, 0.25) is 5.91 Å². The van der Waals surface area contributed by atoms with Crippen LogP contribution < -0.4 is 5.32 Å². The van der Waals surface area contributed by atoms with E-state index in [0.29, 0.717) is 36.0 Å². The summed E-state index contributed by atoms with van der Waals surface area (Å²) in [5.74, 6) is 0.808. The Bertz CT molecular complexity index is 1150. The van der Waals surface area contributed by atoms with Crippen molar-refractivity contribution in [2.45, 2.75) is 26.3 Å². The van der Waals surface area contributed by atoms with E-state index >= 15 is 0 Å². The lowest BCUT2D eigenvalue weighted by Crippen LogP contribution is -2.16. The molecule has 1 N–H and O–H groups in total. The van der Waals surface area contributed by atoms with E-state index in [-0.39, 0.29) is 18.1 Å². The fourth-order valence-corrected chi connectivity index (χ4v) is 3.07. The van der Waals surface area contributed by atoms with E-state index < -0.39 is 0 Å². The average Bonchev–Trinajstić information content (AvgIpc) is 3.38. The Kier molecular flexibility index (Phi) is 5.70. The number of rotatable bonds is 7. The van der Waals surface area contributed by atoms with Crippen molar-refractivity contribution in [3.8, 4) is 11.3 Å². The molecule has 7 heteroatoms. The molecule has 4 aromatic rings. The third-order valence-electron chi connectivity index (χ3n) is 4.70. The molecule has 0 unspecified atom stereocenters. The van der Waals surface area contributed by atoms with Gasteiger partial charge >= 0.3 is 0 Å². The molecule has 0 spiro atoms. The lowest BCUT2D eigenvalue weighted by atomic mass is 10.1. The molecule has 6 nitrogen and oxygen atoms in total. The summed E-state index contributed by atoms with van der Waals surface area (Å²) in [6, 6.07) is 16.3. The largest absolute Gasteiger partial charge is 0.441 e. The molecular weight excluding hydrogens is 383 g/mol. The number of carbonyl (C=O) groups is 1. The Morgan fingerprint density at radius 1 is 1.13 bits per heavy atom. The van der Waals surface area contributed by atoms with E-state index in [9.17, 15) is 9.18 Å². The molecule has 1 amide bonds. The molecule has 0 saturated heterocycles. The molecule has 0 fully saturated rings. The van der Waals surface area contributed by atoms with E-state index in [2.05, 4.69) is 15.4 Å². The van der Waals surface area contributed by atoms with Gasteiger partial charge in [-0.3, -0.25) is 4.79 Å². The summed E-state index contributed by atoms with van der Waals surface area (Å²) in [6.07, 6.45) is 3.63. The second-order valence-electron chi connectivity index (χ2n) is 7.01. The lowest BCUT2D eigenvalue weighted by molar-refractivity contribution is -0.116.